The summed E-state index contributed by atoms with van der Waals surface area (Å²) in [5.41, 5.74) is 4.70. The van der Waals surface area contributed by atoms with Gasteiger partial charge < -0.3 is 11.1 Å². The molecule has 0 saturated heterocycles. The van der Waals surface area contributed by atoms with Gasteiger partial charge in [-0.2, -0.15) is 8.78 Å². The number of primary amides is 1. The lowest BCUT2D eigenvalue weighted by atomic mass is 9.98. The highest BCUT2D eigenvalue weighted by molar-refractivity contribution is 6.30. The summed E-state index contributed by atoms with van der Waals surface area (Å²) in [6, 6.07) is 11.0. The molecule has 2 aromatic carbocycles. The van der Waals surface area contributed by atoms with Gasteiger partial charge in [0.2, 0.25) is 5.91 Å². The maximum absolute atomic E-state index is 14.4. The van der Waals surface area contributed by atoms with Crippen molar-refractivity contribution >= 4 is 29.1 Å². The normalized spacial score (nSPS) is 11.1. The predicted molar refractivity (Wildman–Crippen MR) is 83.3 cm³/mol. The van der Waals surface area contributed by atoms with Crippen molar-refractivity contribution in [1.82, 2.24) is 0 Å². The van der Waals surface area contributed by atoms with Crippen molar-refractivity contribution in [3.8, 4) is 0 Å². The fourth-order valence-electron chi connectivity index (χ4n) is 2.03. The number of carbonyl (C=O) groups excluding carboxylic acids is 2. The molecule has 2 amide bonds. The highest BCUT2D eigenvalue weighted by atomic mass is 35.5. The summed E-state index contributed by atoms with van der Waals surface area (Å²) < 4.78 is 28.9. The number of benzene rings is 2. The standard InChI is InChI=1S/C16H13ClF2N2O2/c17-11-5-7-12(8-6-11)21-15(23)16(18,19)13-4-2-1-3-10(13)9-14(20)22/h1-8H,9H2,(H2,20,22)(H,21,23). The van der Waals surface area contributed by atoms with Crippen molar-refractivity contribution < 1.29 is 18.4 Å². The minimum atomic E-state index is -3.81. The second kappa shape index (κ2) is 6.75. The molecule has 2 rings (SSSR count). The van der Waals surface area contributed by atoms with Crippen LogP contribution in [0, 0.1) is 0 Å². The van der Waals surface area contributed by atoms with Crippen LogP contribution in [0.4, 0.5) is 14.5 Å². The zero-order valence-corrected chi connectivity index (χ0v) is 12.6. The SMILES string of the molecule is NC(=O)Cc1ccccc1C(F)(F)C(=O)Nc1ccc(Cl)cc1. The first kappa shape index (κ1) is 16.9. The summed E-state index contributed by atoms with van der Waals surface area (Å²) in [5.74, 6) is -6.07. The maximum Gasteiger partial charge on any atom is 0.350 e. The molecule has 0 saturated carbocycles. The second-order valence-electron chi connectivity index (χ2n) is 4.84. The minimum Gasteiger partial charge on any atom is -0.369 e. The Hall–Kier alpha value is -2.47. The molecule has 0 spiro atoms. The number of hydrogen-bond acceptors (Lipinski definition) is 2. The Morgan fingerprint density at radius 3 is 2.30 bits per heavy atom. The highest BCUT2D eigenvalue weighted by Gasteiger charge is 2.42. The van der Waals surface area contributed by atoms with Gasteiger partial charge in [0.15, 0.2) is 0 Å². The Labute approximate surface area is 136 Å². The van der Waals surface area contributed by atoms with Crippen molar-refractivity contribution in [2.75, 3.05) is 5.32 Å². The molecule has 23 heavy (non-hydrogen) atoms. The predicted octanol–water partition coefficient (Wildman–Crippen LogP) is 3.10. The van der Waals surface area contributed by atoms with Crippen LogP contribution < -0.4 is 11.1 Å². The highest BCUT2D eigenvalue weighted by Crippen LogP contribution is 2.32. The van der Waals surface area contributed by atoms with Crippen LogP contribution in [0.25, 0.3) is 0 Å². The molecule has 0 aliphatic rings. The number of nitrogens with one attached hydrogen (secondary N) is 1. The van der Waals surface area contributed by atoms with Crippen LogP contribution in [-0.4, -0.2) is 11.8 Å². The molecule has 4 nitrogen and oxygen atoms in total. The molecule has 0 atom stereocenters. The lowest BCUT2D eigenvalue weighted by molar-refractivity contribution is -0.141. The first-order valence-electron chi connectivity index (χ1n) is 6.62. The second-order valence-corrected chi connectivity index (χ2v) is 5.27. The van der Waals surface area contributed by atoms with Gasteiger partial charge >= 0.3 is 5.92 Å². The van der Waals surface area contributed by atoms with Crippen LogP contribution in [0.5, 0.6) is 0 Å². The topological polar surface area (TPSA) is 72.2 Å². The first-order valence-corrected chi connectivity index (χ1v) is 7.00. The number of nitrogens with two attached hydrogens (primary N) is 1. The number of amides is 2. The van der Waals surface area contributed by atoms with E-state index in [0.717, 1.165) is 6.07 Å². The van der Waals surface area contributed by atoms with E-state index in [1.807, 2.05) is 0 Å². The summed E-state index contributed by atoms with van der Waals surface area (Å²) in [5, 5.41) is 2.54. The van der Waals surface area contributed by atoms with E-state index >= 15 is 0 Å². The van der Waals surface area contributed by atoms with Crippen molar-refractivity contribution in [3.05, 3.63) is 64.7 Å². The molecule has 0 aliphatic carbocycles. The molecular formula is C16H13ClF2N2O2. The van der Waals surface area contributed by atoms with Crippen LogP contribution >= 0.6 is 11.6 Å². The third-order valence-electron chi connectivity index (χ3n) is 3.11. The number of anilines is 1. The van der Waals surface area contributed by atoms with Crippen LogP contribution in [0.1, 0.15) is 11.1 Å². The van der Waals surface area contributed by atoms with Gasteiger partial charge in [-0.1, -0.05) is 35.9 Å². The molecule has 7 heteroatoms. The lowest BCUT2D eigenvalue weighted by Gasteiger charge is -2.19. The van der Waals surface area contributed by atoms with Gasteiger partial charge in [0, 0.05) is 16.3 Å². The van der Waals surface area contributed by atoms with Gasteiger partial charge in [-0.25, -0.2) is 0 Å². The Morgan fingerprint density at radius 1 is 1.09 bits per heavy atom. The van der Waals surface area contributed by atoms with Gasteiger partial charge in [-0.05, 0) is 29.8 Å². The average molecular weight is 339 g/mol. The molecule has 0 fully saturated rings. The summed E-state index contributed by atoms with van der Waals surface area (Å²) in [6.45, 7) is 0. The third-order valence-corrected chi connectivity index (χ3v) is 3.36. The molecule has 0 aromatic heterocycles. The summed E-state index contributed by atoms with van der Waals surface area (Å²) in [7, 11) is 0. The van der Waals surface area contributed by atoms with Crippen molar-refractivity contribution in [3.63, 3.8) is 0 Å². The van der Waals surface area contributed by atoms with Crippen LogP contribution in [-0.2, 0) is 21.9 Å². The van der Waals surface area contributed by atoms with E-state index in [1.165, 1.54) is 42.5 Å². The Morgan fingerprint density at radius 2 is 1.70 bits per heavy atom. The summed E-state index contributed by atoms with van der Waals surface area (Å²) >= 11 is 5.70. The summed E-state index contributed by atoms with van der Waals surface area (Å²) in [4.78, 5) is 23.0. The molecule has 0 aliphatic heterocycles. The number of hydrogen-bond donors (Lipinski definition) is 2. The van der Waals surface area contributed by atoms with E-state index in [-0.39, 0.29) is 17.7 Å². The van der Waals surface area contributed by atoms with Crippen LogP contribution in [0.15, 0.2) is 48.5 Å². The molecular weight excluding hydrogens is 326 g/mol. The van der Waals surface area contributed by atoms with E-state index in [4.69, 9.17) is 17.3 Å². The Kier molecular flexibility index (Phi) is 4.95. The van der Waals surface area contributed by atoms with E-state index in [2.05, 4.69) is 5.32 Å². The van der Waals surface area contributed by atoms with E-state index in [1.54, 1.807) is 0 Å². The lowest BCUT2D eigenvalue weighted by Crippen LogP contribution is -2.33. The largest absolute Gasteiger partial charge is 0.369 e. The maximum atomic E-state index is 14.4. The fourth-order valence-corrected chi connectivity index (χ4v) is 2.16. The zero-order valence-electron chi connectivity index (χ0n) is 11.9. The van der Waals surface area contributed by atoms with Crippen LogP contribution in [0.3, 0.4) is 0 Å². The van der Waals surface area contributed by atoms with E-state index in [0.29, 0.717) is 5.02 Å². The number of rotatable bonds is 5. The Bertz CT molecular complexity index is 733. The smallest absolute Gasteiger partial charge is 0.350 e. The molecule has 0 radical (unpaired) electrons. The van der Waals surface area contributed by atoms with Crippen molar-refractivity contribution in [1.29, 1.82) is 0 Å². The third kappa shape index (κ3) is 4.04. The molecule has 0 heterocycles. The Balaban J connectivity index is 2.28. The van der Waals surface area contributed by atoms with Gasteiger partial charge in [-0.3, -0.25) is 9.59 Å². The first-order chi connectivity index (χ1) is 10.8. The molecule has 0 unspecified atom stereocenters. The number of halogens is 3. The molecule has 2 aromatic rings. The van der Waals surface area contributed by atoms with Crippen molar-refractivity contribution in [2.45, 2.75) is 12.3 Å². The fraction of sp³-hybridized carbons (Fsp3) is 0.125. The quantitative estimate of drug-likeness (QED) is 0.879. The monoisotopic (exact) mass is 338 g/mol. The summed E-state index contributed by atoms with van der Waals surface area (Å²) in [6.07, 6.45) is -0.375. The van der Waals surface area contributed by atoms with E-state index in [9.17, 15) is 18.4 Å². The van der Waals surface area contributed by atoms with Gasteiger partial charge in [0.25, 0.3) is 5.91 Å². The van der Waals surface area contributed by atoms with Gasteiger partial charge in [-0.15, -0.1) is 0 Å². The zero-order chi connectivity index (χ0) is 17.0. The molecule has 3 N–H and O–H groups in total. The van der Waals surface area contributed by atoms with Gasteiger partial charge in [0.05, 0.1) is 6.42 Å². The number of carbonyl (C=O) groups is 2. The van der Waals surface area contributed by atoms with E-state index < -0.39 is 23.3 Å². The number of alkyl halides is 2. The van der Waals surface area contributed by atoms with Crippen LogP contribution in [0.2, 0.25) is 5.02 Å². The molecule has 120 valence electrons. The average Bonchev–Trinajstić information content (AvgIpc) is 2.49. The van der Waals surface area contributed by atoms with Gasteiger partial charge in [0.1, 0.15) is 0 Å². The molecule has 0 bridgehead atoms. The minimum absolute atomic E-state index is 0.0104. The van der Waals surface area contributed by atoms with Crippen molar-refractivity contribution in [2.24, 2.45) is 5.73 Å².